The molecule has 1 aliphatic heterocycles. The van der Waals surface area contributed by atoms with Crippen LogP contribution in [0.4, 0.5) is 0 Å². The van der Waals surface area contributed by atoms with Crippen molar-refractivity contribution in [1.82, 2.24) is 14.7 Å². The van der Waals surface area contributed by atoms with E-state index >= 15 is 0 Å². The van der Waals surface area contributed by atoms with Crippen LogP contribution in [0, 0.1) is 0 Å². The molecule has 1 amide bonds. The Balaban J connectivity index is 1.65. The lowest BCUT2D eigenvalue weighted by molar-refractivity contribution is 0.0657. The molecule has 0 bridgehead atoms. The van der Waals surface area contributed by atoms with Crippen LogP contribution in [0.25, 0.3) is 16.9 Å². The number of benzene rings is 2. The third-order valence-corrected chi connectivity index (χ3v) is 6.81. The maximum Gasteiger partial charge on any atom is 0.258 e. The topological polar surface area (TPSA) is 38.1 Å². The van der Waals surface area contributed by atoms with Crippen LogP contribution in [0.1, 0.15) is 48.2 Å². The fraction of sp³-hybridized carbons (Fsp3) is 0.304. The second-order valence-corrected chi connectivity index (χ2v) is 9.19. The number of rotatable bonds is 3. The molecule has 0 radical (unpaired) electrons. The molecule has 0 spiro atoms. The minimum atomic E-state index is 0.0539. The van der Waals surface area contributed by atoms with Gasteiger partial charge in [0.1, 0.15) is 0 Å². The third-order valence-electron chi connectivity index (χ3n) is 6.02. The molecule has 0 atom stereocenters. The van der Waals surface area contributed by atoms with Crippen molar-refractivity contribution in [3.8, 4) is 16.9 Å². The van der Waals surface area contributed by atoms with Gasteiger partial charge in [-0.1, -0.05) is 66.2 Å². The number of fused-ring (bicyclic) bond motifs is 1. The van der Waals surface area contributed by atoms with Crippen molar-refractivity contribution in [2.75, 3.05) is 0 Å². The van der Waals surface area contributed by atoms with Crippen LogP contribution in [0.5, 0.6) is 0 Å². The number of hydrogen-bond acceptors (Lipinski definition) is 2. The van der Waals surface area contributed by atoms with Gasteiger partial charge in [-0.15, -0.1) is 0 Å². The first-order valence-corrected chi connectivity index (χ1v) is 11.3. The van der Waals surface area contributed by atoms with E-state index in [-0.39, 0.29) is 5.91 Å². The molecule has 3 aromatic rings. The average Bonchev–Trinajstić information content (AvgIpc) is 3.26. The second-order valence-electron chi connectivity index (χ2n) is 7.91. The first-order chi connectivity index (χ1) is 14.5. The molecule has 0 saturated heterocycles. The SMILES string of the molecule is O=C1c2c(nn(-c3ccc(Cl)cc3Cl)c2-c2ccc(Cl)cc2)CN1C1CCCCC1. The lowest BCUT2D eigenvalue weighted by Gasteiger charge is -2.31. The first-order valence-electron chi connectivity index (χ1n) is 10.2. The van der Waals surface area contributed by atoms with Crippen molar-refractivity contribution in [1.29, 1.82) is 0 Å². The summed E-state index contributed by atoms with van der Waals surface area (Å²) in [5, 5.41) is 6.51. The van der Waals surface area contributed by atoms with E-state index in [9.17, 15) is 4.79 Å². The number of carbonyl (C=O) groups excluding carboxylic acids is 1. The minimum absolute atomic E-state index is 0.0539. The average molecular weight is 461 g/mol. The maximum absolute atomic E-state index is 13.5. The largest absolute Gasteiger partial charge is 0.330 e. The molecule has 4 nitrogen and oxygen atoms in total. The fourth-order valence-corrected chi connectivity index (χ4v) is 5.18. The van der Waals surface area contributed by atoms with Crippen LogP contribution < -0.4 is 0 Å². The fourth-order valence-electron chi connectivity index (χ4n) is 4.56. The normalized spacial score (nSPS) is 16.9. The van der Waals surface area contributed by atoms with Gasteiger partial charge in [-0.3, -0.25) is 4.79 Å². The number of carbonyl (C=O) groups is 1. The van der Waals surface area contributed by atoms with Crippen molar-refractivity contribution >= 4 is 40.7 Å². The van der Waals surface area contributed by atoms with Crippen LogP contribution in [0.2, 0.25) is 15.1 Å². The minimum Gasteiger partial charge on any atom is -0.330 e. The molecule has 2 aromatic carbocycles. The summed E-state index contributed by atoms with van der Waals surface area (Å²) >= 11 is 18.7. The Morgan fingerprint density at radius 3 is 2.30 bits per heavy atom. The highest BCUT2D eigenvalue weighted by Gasteiger charge is 2.39. The van der Waals surface area contributed by atoms with E-state index in [0.717, 1.165) is 29.8 Å². The highest BCUT2D eigenvalue weighted by molar-refractivity contribution is 6.35. The predicted octanol–water partition coefficient (Wildman–Crippen LogP) is 6.79. The first kappa shape index (κ1) is 19.9. The summed E-state index contributed by atoms with van der Waals surface area (Å²) in [7, 11) is 0. The Kier molecular flexibility index (Phi) is 5.26. The standard InChI is InChI=1S/C23H20Cl3N3O/c24-15-8-6-14(7-9-15)22-21-19(13-28(23(21)30)17-4-2-1-3-5-17)27-29(22)20-11-10-16(25)12-18(20)26/h6-12,17H,1-5,13H2. The highest BCUT2D eigenvalue weighted by Crippen LogP contribution is 2.39. The van der Waals surface area contributed by atoms with Gasteiger partial charge in [0.25, 0.3) is 5.91 Å². The zero-order valence-corrected chi connectivity index (χ0v) is 18.5. The smallest absolute Gasteiger partial charge is 0.258 e. The molecule has 1 saturated carbocycles. The predicted molar refractivity (Wildman–Crippen MR) is 121 cm³/mol. The Labute approximate surface area is 190 Å². The third kappa shape index (κ3) is 3.41. The molecule has 1 aromatic heterocycles. The van der Waals surface area contributed by atoms with Crippen molar-refractivity contribution < 1.29 is 4.79 Å². The summed E-state index contributed by atoms with van der Waals surface area (Å²) in [6.45, 7) is 0.539. The zero-order valence-electron chi connectivity index (χ0n) is 16.2. The van der Waals surface area contributed by atoms with E-state index in [1.54, 1.807) is 16.8 Å². The van der Waals surface area contributed by atoms with Crippen molar-refractivity contribution in [2.45, 2.75) is 44.7 Å². The molecule has 154 valence electrons. The van der Waals surface area contributed by atoms with E-state index in [0.29, 0.717) is 38.9 Å². The number of hydrogen-bond donors (Lipinski definition) is 0. The van der Waals surface area contributed by atoms with E-state index < -0.39 is 0 Å². The van der Waals surface area contributed by atoms with Crippen molar-refractivity contribution in [2.24, 2.45) is 0 Å². The summed E-state index contributed by atoms with van der Waals surface area (Å²) in [6, 6.07) is 13.1. The molecule has 2 heterocycles. The molecule has 0 unspecified atom stereocenters. The number of amides is 1. The van der Waals surface area contributed by atoms with Crippen LogP contribution in [0.3, 0.4) is 0 Å². The molecule has 1 fully saturated rings. The lowest BCUT2D eigenvalue weighted by atomic mass is 9.94. The molecule has 1 aliphatic carbocycles. The molecular weight excluding hydrogens is 441 g/mol. The quantitative estimate of drug-likeness (QED) is 0.431. The number of halogens is 3. The van der Waals surface area contributed by atoms with Crippen molar-refractivity contribution in [3.63, 3.8) is 0 Å². The van der Waals surface area contributed by atoms with Gasteiger partial charge in [0, 0.05) is 21.7 Å². The number of aromatic nitrogens is 2. The number of nitrogens with zero attached hydrogens (tertiary/aromatic N) is 3. The maximum atomic E-state index is 13.5. The Hall–Kier alpha value is -2.01. The van der Waals surface area contributed by atoms with Gasteiger partial charge in [-0.2, -0.15) is 5.10 Å². The van der Waals surface area contributed by atoms with Gasteiger partial charge in [0.05, 0.1) is 34.2 Å². The van der Waals surface area contributed by atoms with Crippen molar-refractivity contribution in [3.05, 3.63) is 68.8 Å². The molecular formula is C23H20Cl3N3O. The van der Waals surface area contributed by atoms with Gasteiger partial charge in [0.15, 0.2) is 0 Å². The van der Waals surface area contributed by atoms with E-state index in [1.165, 1.54) is 19.3 Å². The summed E-state index contributed by atoms with van der Waals surface area (Å²) in [4.78, 5) is 15.5. The van der Waals surface area contributed by atoms with Gasteiger partial charge in [-0.25, -0.2) is 4.68 Å². The molecule has 0 N–H and O–H groups in total. The van der Waals surface area contributed by atoms with Gasteiger partial charge < -0.3 is 4.90 Å². The molecule has 30 heavy (non-hydrogen) atoms. The molecule has 7 heteroatoms. The zero-order chi connectivity index (χ0) is 20.8. The molecule has 5 rings (SSSR count). The highest BCUT2D eigenvalue weighted by atomic mass is 35.5. The van der Waals surface area contributed by atoms with Gasteiger partial charge >= 0.3 is 0 Å². The van der Waals surface area contributed by atoms with Crippen LogP contribution in [-0.2, 0) is 6.54 Å². The van der Waals surface area contributed by atoms with Gasteiger partial charge in [0.2, 0.25) is 0 Å². The molecule has 2 aliphatic rings. The van der Waals surface area contributed by atoms with E-state index in [4.69, 9.17) is 39.9 Å². The summed E-state index contributed by atoms with van der Waals surface area (Å²) in [5.41, 5.74) is 3.76. The Bertz CT molecular complexity index is 1120. The lowest BCUT2D eigenvalue weighted by Crippen LogP contribution is -2.37. The van der Waals surface area contributed by atoms with Crippen LogP contribution in [-0.4, -0.2) is 26.6 Å². The summed E-state index contributed by atoms with van der Waals surface area (Å²) in [6.07, 6.45) is 5.73. The second kappa shape index (κ2) is 7.92. The summed E-state index contributed by atoms with van der Waals surface area (Å²) in [5.74, 6) is 0.0539. The Morgan fingerprint density at radius 1 is 0.900 bits per heavy atom. The van der Waals surface area contributed by atoms with E-state index in [2.05, 4.69) is 0 Å². The van der Waals surface area contributed by atoms with Gasteiger partial charge in [-0.05, 0) is 43.2 Å². The van der Waals surface area contributed by atoms with Crippen LogP contribution in [0.15, 0.2) is 42.5 Å². The van der Waals surface area contributed by atoms with E-state index in [1.807, 2.05) is 35.2 Å². The summed E-state index contributed by atoms with van der Waals surface area (Å²) < 4.78 is 1.77. The monoisotopic (exact) mass is 459 g/mol. The Morgan fingerprint density at radius 2 is 1.60 bits per heavy atom. The van der Waals surface area contributed by atoms with Crippen LogP contribution >= 0.6 is 34.8 Å².